The van der Waals surface area contributed by atoms with E-state index in [2.05, 4.69) is 10.1 Å². The van der Waals surface area contributed by atoms with E-state index in [1.165, 1.54) is 0 Å². The van der Waals surface area contributed by atoms with Crippen LogP contribution in [0, 0.1) is 13.8 Å². The molecule has 0 bridgehead atoms. The fourth-order valence-corrected chi connectivity index (χ4v) is 3.80. The van der Waals surface area contributed by atoms with Crippen LogP contribution in [0.1, 0.15) is 35.9 Å². The van der Waals surface area contributed by atoms with Crippen molar-refractivity contribution in [2.45, 2.75) is 33.7 Å². The zero-order chi connectivity index (χ0) is 22.4. The molecule has 1 aromatic heterocycles. The minimum absolute atomic E-state index is 0.0154. The Morgan fingerprint density at radius 1 is 1.26 bits per heavy atom. The van der Waals surface area contributed by atoms with Crippen LogP contribution in [0.2, 0.25) is 5.02 Å². The molecule has 0 N–H and O–H groups in total. The molecule has 2 heterocycles. The number of nitrogens with zero attached hydrogens (tertiary/aromatic N) is 3. The molecule has 1 aromatic carbocycles. The van der Waals surface area contributed by atoms with Crippen molar-refractivity contribution in [3.05, 3.63) is 45.8 Å². The molecule has 0 radical (unpaired) electrons. The third-order valence-corrected chi connectivity index (χ3v) is 5.65. The summed E-state index contributed by atoms with van der Waals surface area (Å²) < 4.78 is 16.3. The van der Waals surface area contributed by atoms with E-state index >= 15 is 0 Å². The van der Waals surface area contributed by atoms with E-state index in [1.807, 2.05) is 31.7 Å². The first-order valence-corrected chi connectivity index (χ1v) is 10.9. The van der Waals surface area contributed by atoms with Gasteiger partial charge in [-0.15, -0.1) is 0 Å². The summed E-state index contributed by atoms with van der Waals surface area (Å²) >= 11 is 6.36. The minimum atomic E-state index is -0.0154. The topological polar surface area (TPSA) is 68.0 Å². The van der Waals surface area contributed by atoms with Gasteiger partial charge in [0.2, 0.25) is 5.91 Å². The number of hydrogen-bond acceptors (Lipinski definition) is 6. The summed E-state index contributed by atoms with van der Waals surface area (Å²) in [6.45, 7) is 10.3. The minimum Gasteiger partial charge on any atom is -0.493 e. The van der Waals surface area contributed by atoms with Crippen LogP contribution < -0.4 is 9.47 Å². The second-order valence-electron chi connectivity index (χ2n) is 7.62. The molecule has 0 spiro atoms. The molecule has 1 aliphatic rings. The molecule has 0 saturated carbocycles. The van der Waals surface area contributed by atoms with Crippen LogP contribution >= 0.6 is 11.6 Å². The van der Waals surface area contributed by atoms with E-state index in [1.54, 1.807) is 25.3 Å². The maximum absolute atomic E-state index is 12.7. The molecular weight excluding hydrogens is 418 g/mol. The Morgan fingerprint density at radius 2 is 2.00 bits per heavy atom. The number of rotatable bonds is 8. The van der Waals surface area contributed by atoms with Crippen molar-refractivity contribution in [2.75, 3.05) is 39.9 Å². The lowest BCUT2D eigenvalue weighted by molar-refractivity contribution is -0.127. The first-order chi connectivity index (χ1) is 14.9. The molecule has 0 atom stereocenters. The van der Waals surface area contributed by atoms with Crippen LogP contribution in [0.3, 0.4) is 0 Å². The van der Waals surface area contributed by atoms with Gasteiger partial charge in [0.15, 0.2) is 11.5 Å². The number of methoxy groups -OCH3 is 1. The van der Waals surface area contributed by atoms with Crippen molar-refractivity contribution in [2.24, 2.45) is 0 Å². The van der Waals surface area contributed by atoms with Crippen LogP contribution in [-0.2, 0) is 11.3 Å². The summed E-state index contributed by atoms with van der Waals surface area (Å²) in [5.74, 6) is 1.93. The van der Waals surface area contributed by atoms with Crippen molar-refractivity contribution < 1.29 is 18.8 Å². The van der Waals surface area contributed by atoms with Crippen molar-refractivity contribution >= 4 is 23.6 Å². The Kier molecular flexibility index (Phi) is 7.98. The van der Waals surface area contributed by atoms with Gasteiger partial charge in [0.1, 0.15) is 5.76 Å². The molecule has 1 fully saturated rings. The van der Waals surface area contributed by atoms with Crippen molar-refractivity contribution in [3.63, 3.8) is 0 Å². The number of aryl methyl sites for hydroxylation is 2. The summed E-state index contributed by atoms with van der Waals surface area (Å²) in [6.07, 6.45) is 4.22. The molecule has 1 saturated heterocycles. The molecule has 8 heteroatoms. The van der Waals surface area contributed by atoms with E-state index in [0.717, 1.165) is 48.6 Å². The number of ether oxygens (including phenoxy) is 2. The molecule has 1 aliphatic heterocycles. The van der Waals surface area contributed by atoms with Crippen LogP contribution in [0.4, 0.5) is 0 Å². The first-order valence-electron chi connectivity index (χ1n) is 10.5. The number of piperazine rings is 1. The average Bonchev–Trinajstić information content (AvgIpc) is 3.09. The maximum Gasteiger partial charge on any atom is 0.246 e. The predicted molar refractivity (Wildman–Crippen MR) is 121 cm³/mol. The van der Waals surface area contributed by atoms with Crippen molar-refractivity contribution in [1.29, 1.82) is 0 Å². The summed E-state index contributed by atoms with van der Waals surface area (Å²) in [5, 5.41) is 4.48. The number of carbonyl (C=O) groups excluding carboxylic acids is 1. The van der Waals surface area contributed by atoms with E-state index in [4.69, 9.17) is 25.6 Å². The van der Waals surface area contributed by atoms with Crippen LogP contribution in [0.15, 0.2) is 22.7 Å². The number of aromatic nitrogens is 1. The highest BCUT2D eigenvalue weighted by Gasteiger charge is 2.22. The second kappa shape index (κ2) is 10.7. The van der Waals surface area contributed by atoms with E-state index in [-0.39, 0.29) is 5.91 Å². The predicted octanol–water partition coefficient (Wildman–Crippen LogP) is 4.10. The Balaban J connectivity index is 1.57. The molecule has 0 aliphatic carbocycles. The van der Waals surface area contributed by atoms with Gasteiger partial charge in [-0.1, -0.05) is 23.7 Å². The van der Waals surface area contributed by atoms with Crippen molar-refractivity contribution in [1.82, 2.24) is 15.0 Å². The van der Waals surface area contributed by atoms with Gasteiger partial charge in [-0.3, -0.25) is 9.69 Å². The number of benzene rings is 1. The summed E-state index contributed by atoms with van der Waals surface area (Å²) in [5.41, 5.74) is 2.85. The van der Waals surface area contributed by atoms with Gasteiger partial charge in [-0.25, -0.2) is 0 Å². The Bertz CT molecular complexity index is 914. The highest BCUT2D eigenvalue weighted by Crippen LogP contribution is 2.36. The summed E-state index contributed by atoms with van der Waals surface area (Å²) in [4.78, 5) is 16.8. The standard InChI is InChI=1S/C23H30ClN3O4/c1-5-12-30-23-20(24)13-18(14-21(23)29-4)6-7-22(28)27-10-8-26(9-11-27)15-19-16(2)25-31-17(19)3/h6-7,13-14H,5,8-12,15H2,1-4H3/b7-6+. The Hall–Kier alpha value is -2.51. The molecular formula is C23H30ClN3O4. The molecule has 2 aromatic rings. The molecule has 7 nitrogen and oxygen atoms in total. The van der Waals surface area contributed by atoms with Gasteiger partial charge in [0.05, 0.1) is 24.4 Å². The van der Waals surface area contributed by atoms with Crippen molar-refractivity contribution in [3.8, 4) is 11.5 Å². The molecule has 0 unspecified atom stereocenters. The highest BCUT2D eigenvalue weighted by molar-refractivity contribution is 6.32. The van der Waals surface area contributed by atoms with Crippen LogP contribution in [0.5, 0.6) is 11.5 Å². The number of amides is 1. The third kappa shape index (κ3) is 5.80. The quantitative estimate of drug-likeness (QED) is 0.567. The molecule has 168 valence electrons. The van der Waals surface area contributed by atoms with E-state index in [0.29, 0.717) is 36.2 Å². The number of halogens is 1. The fraction of sp³-hybridized carbons (Fsp3) is 0.478. The SMILES string of the molecule is CCCOc1c(Cl)cc(/C=C/C(=O)N2CCN(Cc3c(C)noc3C)CC2)cc1OC. The summed E-state index contributed by atoms with van der Waals surface area (Å²) in [6, 6.07) is 3.60. The largest absolute Gasteiger partial charge is 0.493 e. The van der Waals surface area contributed by atoms with Gasteiger partial charge in [0.25, 0.3) is 0 Å². The zero-order valence-electron chi connectivity index (χ0n) is 18.6. The fourth-order valence-electron chi connectivity index (χ4n) is 3.53. The van der Waals surface area contributed by atoms with Gasteiger partial charge in [-0.2, -0.15) is 0 Å². The van der Waals surface area contributed by atoms with Gasteiger partial charge >= 0.3 is 0 Å². The Morgan fingerprint density at radius 3 is 2.61 bits per heavy atom. The maximum atomic E-state index is 12.7. The first kappa shape index (κ1) is 23.2. The smallest absolute Gasteiger partial charge is 0.246 e. The number of hydrogen-bond donors (Lipinski definition) is 0. The van der Waals surface area contributed by atoms with E-state index < -0.39 is 0 Å². The molecule has 31 heavy (non-hydrogen) atoms. The lowest BCUT2D eigenvalue weighted by atomic mass is 10.1. The lowest BCUT2D eigenvalue weighted by Gasteiger charge is -2.34. The Labute approximate surface area is 188 Å². The second-order valence-corrected chi connectivity index (χ2v) is 8.03. The lowest BCUT2D eigenvalue weighted by Crippen LogP contribution is -2.47. The molecule has 1 amide bonds. The van der Waals surface area contributed by atoms with E-state index in [9.17, 15) is 4.79 Å². The third-order valence-electron chi connectivity index (χ3n) is 5.37. The van der Waals surface area contributed by atoms with Crippen LogP contribution in [0.25, 0.3) is 6.08 Å². The molecule has 3 rings (SSSR count). The van der Waals surface area contributed by atoms with Gasteiger partial charge < -0.3 is 18.9 Å². The average molecular weight is 448 g/mol. The highest BCUT2D eigenvalue weighted by atomic mass is 35.5. The normalized spacial score (nSPS) is 14.9. The van der Waals surface area contributed by atoms with Gasteiger partial charge in [-0.05, 0) is 44.0 Å². The zero-order valence-corrected chi connectivity index (χ0v) is 19.4. The van der Waals surface area contributed by atoms with Crippen LogP contribution in [-0.4, -0.2) is 60.8 Å². The number of carbonyl (C=O) groups is 1. The van der Waals surface area contributed by atoms with Gasteiger partial charge in [0, 0.05) is 44.4 Å². The summed E-state index contributed by atoms with van der Waals surface area (Å²) in [7, 11) is 1.57. The monoisotopic (exact) mass is 447 g/mol.